The number of nitrogens with one attached hydrogen (secondary N) is 1. The molecule has 2 heterocycles. The Labute approximate surface area is 167 Å². The molecule has 0 unspecified atom stereocenters. The monoisotopic (exact) mass is 385 g/mol. The van der Waals surface area contributed by atoms with Crippen molar-refractivity contribution in [3.8, 4) is 5.69 Å². The topological polar surface area (TPSA) is 81.8 Å². The first kappa shape index (κ1) is 18.4. The van der Waals surface area contributed by atoms with Gasteiger partial charge in [0.05, 0.1) is 23.1 Å². The van der Waals surface area contributed by atoms with E-state index in [1.807, 2.05) is 37.3 Å². The van der Waals surface area contributed by atoms with Crippen LogP contribution in [-0.4, -0.2) is 31.0 Å². The van der Waals surface area contributed by atoms with E-state index in [9.17, 15) is 9.59 Å². The van der Waals surface area contributed by atoms with E-state index in [0.29, 0.717) is 22.6 Å². The molecular formula is C22H19N5O2. The second kappa shape index (κ2) is 7.55. The van der Waals surface area contributed by atoms with E-state index < -0.39 is 0 Å². The molecule has 2 aromatic heterocycles. The number of nitrogens with zero attached hydrogens (tertiary/aromatic N) is 4. The Bertz CT molecular complexity index is 1170. The molecule has 7 nitrogen and oxygen atoms in total. The van der Waals surface area contributed by atoms with Crippen LogP contribution >= 0.6 is 0 Å². The first-order valence-corrected chi connectivity index (χ1v) is 9.08. The van der Waals surface area contributed by atoms with Crippen LogP contribution in [0.5, 0.6) is 0 Å². The number of rotatable bonds is 5. The minimum absolute atomic E-state index is 0.171. The van der Waals surface area contributed by atoms with Crippen molar-refractivity contribution in [2.45, 2.75) is 6.92 Å². The highest BCUT2D eigenvalue weighted by atomic mass is 16.1. The summed E-state index contributed by atoms with van der Waals surface area (Å²) in [6.07, 6.45) is 4.86. The van der Waals surface area contributed by atoms with Gasteiger partial charge in [0.1, 0.15) is 0 Å². The Morgan fingerprint density at radius 2 is 1.72 bits per heavy atom. The molecule has 0 saturated carbocycles. The second-order valence-electron chi connectivity index (χ2n) is 6.61. The van der Waals surface area contributed by atoms with Crippen molar-refractivity contribution in [1.29, 1.82) is 0 Å². The number of ketones is 1. The molecule has 0 aliphatic rings. The molecule has 0 spiro atoms. The molecule has 0 fully saturated rings. The minimum Gasteiger partial charge on any atom is -0.331 e. The van der Waals surface area contributed by atoms with Crippen LogP contribution in [0.1, 0.15) is 32.2 Å². The zero-order valence-corrected chi connectivity index (χ0v) is 16.0. The highest BCUT2D eigenvalue weighted by molar-refractivity contribution is 6.08. The lowest BCUT2D eigenvalue weighted by Crippen LogP contribution is -2.13. The van der Waals surface area contributed by atoms with Crippen molar-refractivity contribution in [1.82, 2.24) is 19.3 Å². The van der Waals surface area contributed by atoms with E-state index in [4.69, 9.17) is 0 Å². The first-order chi connectivity index (χ1) is 14.0. The summed E-state index contributed by atoms with van der Waals surface area (Å²) in [5.41, 5.74) is 3.22. The number of imidazole rings is 1. The van der Waals surface area contributed by atoms with Crippen LogP contribution in [0.3, 0.4) is 0 Å². The van der Waals surface area contributed by atoms with Crippen molar-refractivity contribution in [2.24, 2.45) is 7.05 Å². The number of para-hydroxylation sites is 1. The average Bonchev–Trinajstić information content (AvgIpc) is 3.34. The zero-order chi connectivity index (χ0) is 20.4. The molecule has 0 radical (unpaired) electrons. The van der Waals surface area contributed by atoms with E-state index in [1.54, 1.807) is 59.2 Å². The van der Waals surface area contributed by atoms with Crippen molar-refractivity contribution in [3.63, 3.8) is 0 Å². The largest absolute Gasteiger partial charge is 0.331 e. The predicted molar refractivity (Wildman–Crippen MR) is 109 cm³/mol. The Morgan fingerprint density at radius 3 is 2.38 bits per heavy atom. The normalized spacial score (nSPS) is 10.7. The van der Waals surface area contributed by atoms with Gasteiger partial charge in [0.25, 0.3) is 5.91 Å². The number of aromatic nitrogens is 4. The fourth-order valence-electron chi connectivity index (χ4n) is 3.08. The summed E-state index contributed by atoms with van der Waals surface area (Å²) in [4.78, 5) is 29.2. The Kier molecular flexibility index (Phi) is 4.78. The lowest BCUT2D eigenvalue weighted by molar-refractivity contribution is 0.101. The van der Waals surface area contributed by atoms with Crippen LogP contribution in [0, 0.1) is 6.92 Å². The van der Waals surface area contributed by atoms with Crippen LogP contribution < -0.4 is 5.32 Å². The quantitative estimate of drug-likeness (QED) is 0.534. The molecule has 144 valence electrons. The lowest BCUT2D eigenvalue weighted by atomic mass is 10.1. The van der Waals surface area contributed by atoms with Crippen LogP contribution in [0.15, 0.2) is 73.2 Å². The van der Waals surface area contributed by atoms with E-state index in [1.165, 1.54) is 0 Å². The van der Waals surface area contributed by atoms with E-state index >= 15 is 0 Å². The summed E-state index contributed by atoms with van der Waals surface area (Å²) in [5, 5.41) is 7.18. The Balaban J connectivity index is 1.50. The molecular weight excluding hydrogens is 366 g/mol. The van der Waals surface area contributed by atoms with Gasteiger partial charge in [0, 0.05) is 30.7 Å². The fraction of sp³-hybridized carbons (Fsp3) is 0.0909. The summed E-state index contributed by atoms with van der Waals surface area (Å²) >= 11 is 0. The fourth-order valence-corrected chi connectivity index (χ4v) is 3.08. The van der Waals surface area contributed by atoms with Gasteiger partial charge in [-0.25, -0.2) is 9.67 Å². The highest BCUT2D eigenvalue weighted by Gasteiger charge is 2.16. The maximum atomic E-state index is 12.7. The number of benzene rings is 2. The maximum Gasteiger partial charge on any atom is 0.259 e. The minimum atomic E-state index is -0.257. The second-order valence-corrected chi connectivity index (χ2v) is 6.61. The Hall–Kier alpha value is -4.00. The summed E-state index contributed by atoms with van der Waals surface area (Å²) in [6, 6.07) is 16.4. The number of carbonyl (C=O) groups is 2. The van der Waals surface area contributed by atoms with Gasteiger partial charge in [0.2, 0.25) is 5.78 Å². The standard InChI is InChI=1S/C22H19N5O2/c1-15-19(14-24-27(15)18-6-4-3-5-7-18)22(29)25-17-10-8-16(9-11-17)20(28)21-23-12-13-26(21)2/h3-14H,1-2H3,(H,25,29). The van der Waals surface area contributed by atoms with Crippen molar-refractivity contribution < 1.29 is 9.59 Å². The van der Waals surface area contributed by atoms with Crippen molar-refractivity contribution >= 4 is 17.4 Å². The van der Waals surface area contributed by atoms with Crippen molar-refractivity contribution in [3.05, 3.63) is 95.8 Å². The molecule has 7 heteroatoms. The smallest absolute Gasteiger partial charge is 0.259 e. The van der Waals surface area contributed by atoms with Gasteiger partial charge in [-0.15, -0.1) is 0 Å². The molecule has 4 rings (SSSR count). The van der Waals surface area contributed by atoms with Crippen LogP contribution in [0.4, 0.5) is 5.69 Å². The highest BCUT2D eigenvalue weighted by Crippen LogP contribution is 2.17. The number of carbonyl (C=O) groups excluding carboxylic acids is 2. The third-order valence-corrected chi connectivity index (χ3v) is 4.68. The molecule has 0 aliphatic carbocycles. The third-order valence-electron chi connectivity index (χ3n) is 4.68. The Morgan fingerprint density at radius 1 is 1.00 bits per heavy atom. The van der Waals surface area contributed by atoms with Crippen LogP contribution in [0.25, 0.3) is 5.69 Å². The van der Waals surface area contributed by atoms with E-state index in [2.05, 4.69) is 15.4 Å². The van der Waals surface area contributed by atoms with Gasteiger partial charge in [0.15, 0.2) is 5.82 Å². The number of amides is 1. The van der Waals surface area contributed by atoms with E-state index in [0.717, 1.165) is 11.4 Å². The van der Waals surface area contributed by atoms with Crippen LogP contribution in [-0.2, 0) is 7.05 Å². The zero-order valence-electron chi connectivity index (χ0n) is 16.0. The van der Waals surface area contributed by atoms with Crippen molar-refractivity contribution in [2.75, 3.05) is 5.32 Å². The third kappa shape index (κ3) is 3.58. The van der Waals surface area contributed by atoms with Gasteiger partial charge in [-0.1, -0.05) is 18.2 Å². The van der Waals surface area contributed by atoms with Gasteiger partial charge in [-0.05, 0) is 43.3 Å². The molecule has 2 aromatic carbocycles. The predicted octanol–water partition coefficient (Wildman–Crippen LogP) is 3.40. The molecule has 0 atom stereocenters. The van der Waals surface area contributed by atoms with Crippen LogP contribution in [0.2, 0.25) is 0 Å². The number of anilines is 1. The van der Waals surface area contributed by atoms with Gasteiger partial charge < -0.3 is 9.88 Å². The molecule has 0 bridgehead atoms. The van der Waals surface area contributed by atoms with E-state index in [-0.39, 0.29) is 11.7 Å². The number of hydrogen-bond acceptors (Lipinski definition) is 4. The summed E-state index contributed by atoms with van der Waals surface area (Å²) in [5.74, 6) is -0.0612. The molecule has 0 aliphatic heterocycles. The molecule has 29 heavy (non-hydrogen) atoms. The SMILES string of the molecule is Cc1c(C(=O)Nc2ccc(C(=O)c3nccn3C)cc2)cnn1-c1ccccc1. The summed E-state index contributed by atoms with van der Waals surface area (Å²) < 4.78 is 3.40. The molecule has 1 N–H and O–H groups in total. The molecule has 1 amide bonds. The number of hydrogen-bond donors (Lipinski definition) is 1. The van der Waals surface area contributed by atoms with Gasteiger partial charge in [-0.3, -0.25) is 9.59 Å². The summed E-state index contributed by atoms with van der Waals surface area (Å²) in [6.45, 7) is 1.85. The number of aryl methyl sites for hydroxylation is 1. The summed E-state index contributed by atoms with van der Waals surface area (Å²) in [7, 11) is 1.77. The lowest BCUT2D eigenvalue weighted by Gasteiger charge is -2.07. The maximum absolute atomic E-state index is 12.7. The molecule has 4 aromatic rings. The average molecular weight is 385 g/mol. The van der Waals surface area contributed by atoms with Gasteiger partial charge >= 0.3 is 0 Å². The first-order valence-electron chi connectivity index (χ1n) is 9.08. The van der Waals surface area contributed by atoms with Gasteiger partial charge in [-0.2, -0.15) is 5.10 Å². The molecule has 0 saturated heterocycles.